The van der Waals surface area contributed by atoms with E-state index >= 15 is 0 Å². The number of likely N-dealkylation sites (tertiary alicyclic amines) is 1. The van der Waals surface area contributed by atoms with E-state index in [-0.39, 0.29) is 12.1 Å². The highest BCUT2D eigenvalue weighted by atomic mass is 16.6. The molecule has 1 saturated heterocycles. The van der Waals surface area contributed by atoms with E-state index < -0.39 is 5.60 Å². The Kier molecular flexibility index (Phi) is 6.97. The molecule has 0 saturated carbocycles. The van der Waals surface area contributed by atoms with E-state index in [0.29, 0.717) is 6.61 Å². The van der Waals surface area contributed by atoms with Gasteiger partial charge in [0, 0.05) is 18.9 Å². The lowest BCUT2D eigenvalue weighted by Gasteiger charge is -2.28. The molecular formula is C28H32N2O3. The summed E-state index contributed by atoms with van der Waals surface area (Å²) in [5.74, 6) is 0.822. The molecule has 0 aliphatic carbocycles. The van der Waals surface area contributed by atoms with Crippen molar-refractivity contribution < 1.29 is 14.3 Å². The van der Waals surface area contributed by atoms with E-state index in [0.717, 1.165) is 31.6 Å². The van der Waals surface area contributed by atoms with Crippen LogP contribution in [0.2, 0.25) is 0 Å². The molecule has 1 atom stereocenters. The first-order chi connectivity index (χ1) is 15.9. The van der Waals surface area contributed by atoms with Crippen LogP contribution in [-0.4, -0.2) is 40.8 Å². The number of benzene rings is 2. The molecule has 1 aliphatic heterocycles. The summed E-state index contributed by atoms with van der Waals surface area (Å²) in [7, 11) is 0. The van der Waals surface area contributed by atoms with Gasteiger partial charge in [-0.1, -0.05) is 36.4 Å². The van der Waals surface area contributed by atoms with Gasteiger partial charge >= 0.3 is 6.09 Å². The molecule has 1 unspecified atom stereocenters. The SMILES string of the molecule is CC(C)(C)OC(=O)N1CCCC1COc1ccc(Cc2ccc(-c3ccncc3)cc2)cc1. The number of carbonyl (C=O) groups is 1. The smallest absolute Gasteiger partial charge is 0.410 e. The van der Waals surface area contributed by atoms with Gasteiger partial charge in [0.15, 0.2) is 0 Å². The number of amides is 1. The van der Waals surface area contributed by atoms with Gasteiger partial charge in [-0.05, 0) is 86.6 Å². The second-order valence-electron chi connectivity index (χ2n) is 9.53. The molecule has 0 bridgehead atoms. The fourth-order valence-corrected chi connectivity index (χ4v) is 4.06. The average Bonchev–Trinajstić information content (AvgIpc) is 3.28. The Hall–Kier alpha value is -3.34. The molecule has 0 radical (unpaired) electrons. The highest BCUT2D eigenvalue weighted by molar-refractivity contribution is 5.69. The van der Waals surface area contributed by atoms with Crippen LogP contribution in [0, 0.1) is 0 Å². The van der Waals surface area contributed by atoms with Crippen molar-refractivity contribution in [2.45, 2.75) is 51.7 Å². The van der Waals surface area contributed by atoms with Crippen LogP contribution < -0.4 is 4.74 Å². The number of carbonyl (C=O) groups excluding carboxylic acids is 1. The molecule has 5 heteroatoms. The van der Waals surface area contributed by atoms with E-state index in [1.807, 2.05) is 57.4 Å². The standard InChI is InChI=1S/C28H32N2O3/c1-28(2,3)33-27(31)30-18-4-5-25(30)20-32-26-12-8-22(9-13-26)19-21-6-10-23(11-7-21)24-14-16-29-17-15-24/h6-17,25H,4-5,18-20H2,1-3H3. The first-order valence-corrected chi connectivity index (χ1v) is 11.6. The van der Waals surface area contributed by atoms with Crippen LogP contribution in [0.15, 0.2) is 73.1 Å². The first-order valence-electron chi connectivity index (χ1n) is 11.6. The topological polar surface area (TPSA) is 51.7 Å². The first kappa shape index (κ1) is 22.8. The van der Waals surface area contributed by atoms with Crippen molar-refractivity contribution in [1.29, 1.82) is 0 Å². The lowest BCUT2D eigenvalue weighted by atomic mass is 10.0. The molecule has 172 valence electrons. The van der Waals surface area contributed by atoms with Gasteiger partial charge in [0.2, 0.25) is 0 Å². The summed E-state index contributed by atoms with van der Waals surface area (Å²) in [4.78, 5) is 18.3. The minimum absolute atomic E-state index is 0.0541. The number of hydrogen-bond donors (Lipinski definition) is 0. The predicted molar refractivity (Wildman–Crippen MR) is 130 cm³/mol. The Bertz CT molecular complexity index is 1040. The normalized spacial score (nSPS) is 16.0. The number of pyridine rings is 1. The Morgan fingerprint density at radius 2 is 1.55 bits per heavy atom. The van der Waals surface area contributed by atoms with E-state index in [2.05, 4.69) is 41.4 Å². The zero-order valence-corrected chi connectivity index (χ0v) is 19.7. The quantitative estimate of drug-likeness (QED) is 0.460. The predicted octanol–water partition coefficient (Wildman–Crippen LogP) is 6.12. The summed E-state index contributed by atoms with van der Waals surface area (Å²) in [6.45, 7) is 6.88. The minimum atomic E-state index is -0.486. The Labute approximate surface area is 196 Å². The summed E-state index contributed by atoms with van der Waals surface area (Å²) < 4.78 is 11.6. The van der Waals surface area contributed by atoms with Gasteiger partial charge in [-0.25, -0.2) is 4.79 Å². The maximum atomic E-state index is 12.4. The number of rotatable bonds is 6. The monoisotopic (exact) mass is 444 g/mol. The third kappa shape index (κ3) is 6.35. The van der Waals surface area contributed by atoms with Gasteiger partial charge in [-0.15, -0.1) is 0 Å². The van der Waals surface area contributed by atoms with Crippen molar-refractivity contribution in [3.05, 3.63) is 84.2 Å². The van der Waals surface area contributed by atoms with Gasteiger partial charge in [-0.2, -0.15) is 0 Å². The number of ether oxygens (including phenoxy) is 2. The molecule has 3 aromatic rings. The number of nitrogens with zero attached hydrogens (tertiary/aromatic N) is 2. The van der Waals surface area contributed by atoms with Crippen molar-refractivity contribution in [3.63, 3.8) is 0 Å². The zero-order chi connectivity index (χ0) is 23.3. The fraction of sp³-hybridized carbons (Fsp3) is 0.357. The Morgan fingerprint density at radius 3 is 2.18 bits per heavy atom. The van der Waals surface area contributed by atoms with Gasteiger partial charge in [0.25, 0.3) is 0 Å². The van der Waals surface area contributed by atoms with Gasteiger partial charge in [-0.3, -0.25) is 4.98 Å². The molecule has 4 rings (SSSR count). The van der Waals surface area contributed by atoms with Crippen molar-refractivity contribution in [2.24, 2.45) is 0 Å². The van der Waals surface area contributed by atoms with Crippen LogP contribution >= 0.6 is 0 Å². The largest absolute Gasteiger partial charge is 0.491 e. The summed E-state index contributed by atoms with van der Waals surface area (Å²) in [5.41, 5.74) is 4.37. The summed E-state index contributed by atoms with van der Waals surface area (Å²) in [6.07, 6.45) is 6.16. The third-order valence-electron chi connectivity index (χ3n) is 5.75. The maximum absolute atomic E-state index is 12.4. The molecule has 1 fully saturated rings. The number of aromatic nitrogens is 1. The zero-order valence-electron chi connectivity index (χ0n) is 19.7. The average molecular weight is 445 g/mol. The molecule has 0 spiro atoms. The molecule has 33 heavy (non-hydrogen) atoms. The summed E-state index contributed by atoms with van der Waals surface area (Å²) >= 11 is 0. The summed E-state index contributed by atoms with van der Waals surface area (Å²) in [6, 6.07) is 21.0. The third-order valence-corrected chi connectivity index (χ3v) is 5.75. The van der Waals surface area contributed by atoms with Gasteiger partial charge < -0.3 is 14.4 Å². The molecule has 1 aliphatic rings. The number of hydrogen-bond acceptors (Lipinski definition) is 4. The molecule has 1 amide bonds. The van der Waals surface area contributed by atoms with Crippen LogP contribution in [0.1, 0.15) is 44.7 Å². The Balaban J connectivity index is 1.30. The van der Waals surface area contributed by atoms with Crippen molar-refractivity contribution in [3.8, 4) is 16.9 Å². The van der Waals surface area contributed by atoms with E-state index in [1.165, 1.54) is 22.3 Å². The second-order valence-corrected chi connectivity index (χ2v) is 9.53. The molecule has 1 aromatic heterocycles. The maximum Gasteiger partial charge on any atom is 0.410 e. The Morgan fingerprint density at radius 1 is 0.939 bits per heavy atom. The van der Waals surface area contributed by atoms with Crippen LogP contribution in [0.3, 0.4) is 0 Å². The molecule has 5 nitrogen and oxygen atoms in total. The van der Waals surface area contributed by atoms with Crippen LogP contribution in [0.25, 0.3) is 11.1 Å². The van der Waals surface area contributed by atoms with Crippen molar-refractivity contribution in [1.82, 2.24) is 9.88 Å². The van der Waals surface area contributed by atoms with Crippen molar-refractivity contribution in [2.75, 3.05) is 13.2 Å². The van der Waals surface area contributed by atoms with Gasteiger partial charge in [0.05, 0.1) is 6.04 Å². The lowest BCUT2D eigenvalue weighted by molar-refractivity contribution is 0.0187. The molecular weight excluding hydrogens is 412 g/mol. The second kappa shape index (κ2) is 10.1. The highest BCUT2D eigenvalue weighted by Gasteiger charge is 2.32. The van der Waals surface area contributed by atoms with Crippen LogP contribution in [0.4, 0.5) is 4.79 Å². The molecule has 0 N–H and O–H groups in total. The molecule has 2 heterocycles. The minimum Gasteiger partial charge on any atom is -0.491 e. The summed E-state index contributed by atoms with van der Waals surface area (Å²) in [5, 5.41) is 0. The fourth-order valence-electron chi connectivity index (χ4n) is 4.06. The van der Waals surface area contributed by atoms with Gasteiger partial charge in [0.1, 0.15) is 18.0 Å². The van der Waals surface area contributed by atoms with E-state index in [9.17, 15) is 4.79 Å². The van der Waals surface area contributed by atoms with Crippen LogP contribution in [-0.2, 0) is 11.2 Å². The van der Waals surface area contributed by atoms with Crippen molar-refractivity contribution >= 4 is 6.09 Å². The van der Waals surface area contributed by atoms with E-state index in [4.69, 9.17) is 9.47 Å². The van der Waals surface area contributed by atoms with E-state index in [1.54, 1.807) is 4.90 Å². The lowest BCUT2D eigenvalue weighted by Crippen LogP contribution is -2.42. The molecule has 2 aromatic carbocycles. The van der Waals surface area contributed by atoms with Crippen LogP contribution in [0.5, 0.6) is 5.75 Å². The highest BCUT2D eigenvalue weighted by Crippen LogP contribution is 2.23.